The van der Waals surface area contributed by atoms with Crippen LogP contribution in [-0.4, -0.2) is 30.2 Å². The Bertz CT molecular complexity index is 753. The largest absolute Gasteiger partial charge is 0.355 e. The third kappa shape index (κ3) is 1.78. The molecule has 134 valence electrons. The van der Waals surface area contributed by atoms with Crippen LogP contribution >= 0.6 is 0 Å². The molecule has 0 N–H and O–H groups in total. The lowest BCUT2D eigenvalue weighted by Crippen LogP contribution is -2.61. The number of benzene rings is 2. The van der Waals surface area contributed by atoms with Crippen molar-refractivity contribution in [2.24, 2.45) is 0 Å². The zero-order chi connectivity index (χ0) is 17.2. The number of ether oxygens (including phenoxy) is 4. The van der Waals surface area contributed by atoms with Crippen LogP contribution in [0.2, 0.25) is 0 Å². The second-order valence-corrected chi connectivity index (χ2v) is 7.76. The second-order valence-electron chi connectivity index (χ2n) is 7.76. The zero-order valence-corrected chi connectivity index (χ0v) is 14.6. The van der Waals surface area contributed by atoms with Crippen LogP contribution in [-0.2, 0) is 18.9 Å². The van der Waals surface area contributed by atoms with Gasteiger partial charge in [-0.25, -0.2) is 0 Å². The van der Waals surface area contributed by atoms with Crippen LogP contribution < -0.4 is 0 Å². The second kappa shape index (κ2) is 5.17. The van der Waals surface area contributed by atoms with E-state index in [1.165, 1.54) is 11.1 Å². The van der Waals surface area contributed by atoms with E-state index in [-0.39, 0.29) is 12.2 Å². The number of rotatable bonds is 2. The SMILES string of the molecule is c1ccc([C@@H]2O[C@]23CCC[C@]2(O[C@H]2c2ccccc2)C32OCCO2)cc1. The summed E-state index contributed by atoms with van der Waals surface area (Å²) < 4.78 is 25.5. The van der Waals surface area contributed by atoms with Crippen LogP contribution in [0.3, 0.4) is 0 Å². The molecule has 3 heterocycles. The average Bonchev–Trinajstić information content (AvgIpc) is 3.56. The summed E-state index contributed by atoms with van der Waals surface area (Å²) >= 11 is 0. The fourth-order valence-corrected chi connectivity index (χ4v) is 5.37. The molecule has 0 radical (unpaired) electrons. The Labute approximate surface area is 153 Å². The van der Waals surface area contributed by atoms with Crippen LogP contribution in [0.5, 0.6) is 0 Å². The van der Waals surface area contributed by atoms with Crippen molar-refractivity contribution in [2.75, 3.05) is 13.2 Å². The van der Waals surface area contributed by atoms with Crippen LogP contribution in [0.1, 0.15) is 42.6 Å². The van der Waals surface area contributed by atoms with E-state index >= 15 is 0 Å². The molecule has 26 heavy (non-hydrogen) atoms. The highest BCUT2D eigenvalue weighted by atomic mass is 16.8. The predicted octanol–water partition coefficient (Wildman–Crippen LogP) is 3.93. The van der Waals surface area contributed by atoms with Crippen LogP contribution in [0, 0.1) is 0 Å². The van der Waals surface area contributed by atoms with E-state index < -0.39 is 17.0 Å². The van der Waals surface area contributed by atoms with Gasteiger partial charge in [0.1, 0.15) is 12.2 Å². The molecule has 3 saturated heterocycles. The molecule has 0 aromatic heterocycles. The van der Waals surface area contributed by atoms with Gasteiger partial charge in [-0.2, -0.15) is 0 Å². The molecule has 4 nitrogen and oxygen atoms in total. The van der Waals surface area contributed by atoms with E-state index in [2.05, 4.69) is 48.5 Å². The first-order chi connectivity index (χ1) is 12.8. The Morgan fingerprint density at radius 2 is 1.12 bits per heavy atom. The first-order valence-electron chi connectivity index (χ1n) is 9.55. The van der Waals surface area contributed by atoms with E-state index in [1.807, 2.05) is 12.1 Å². The van der Waals surface area contributed by atoms with Crippen LogP contribution in [0.25, 0.3) is 0 Å². The molecule has 6 rings (SSSR count). The molecule has 4 fully saturated rings. The van der Waals surface area contributed by atoms with Crippen molar-refractivity contribution in [2.45, 2.75) is 48.5 Å². The molecule has 4 heteroatoms. The van der Waals surface area contributed by atoms with Crippen molar-refractivity contribution < 1.29 is 18.9 Å². The summed E-state index contributed by atoms with van der Waals surface area (Å²) in [6.45, 7) is 1.19. The quantitative estimate of drug-likeness (QED) is 0.770. The van der Waals surface area contributed by atoms with Gasteiger partial charge in [0.2, 0.25) is 5.79 Å². The molecule has 4 aliphatic rings. The molecular weight excluding hydrogens is 328 g/mol. The first kappa shape index (κ1) is 15.3. The molecule has 0 bridgehead atoms. The fraction of sp³-hybridized carbons (Fsp3) is 0.455. The lowest BCUT2D eigenvalue weighted by Gasteiger charge is -2.43. The van der Waals surface area contributed by atoms with Gasteiger partial charge in [-0.15, -0.1) is 0 Å². The summed E-state index contributed by atoms with van der Waals surface area (Å²) in [6.07, 6.45) is 2.97. The van der Waals surface area contributed by atoms with Gasteiger partial charge in [0.25, 0.3) is 0 Å². The Morgan fingerprint density at radius 3 is 1.58 bits per heavy atom. The van der Waals surface area contributed by atoms with Crippen molar-refractivity contribution >= 4 is 0 Å². The maximum Gasteiger partial charge on any atom is 0.234 e. The molecular formula is C22H22O4. The standard InChI is InChI=1S/C22H22O4/c1-3-8-16(9-4-1)18-20(25-18)12-7-13-21(22(20)23-14-15-24-22)19(26-21)17-10-5-2-6-11-17/h1-6,8-11,18-19H,7,12-15H2/t18-,19-,20+,21+/m0/s1. The van der Waals surface area contributed by atoms with Crippen LogP contribution in [0.15, 0.2) is 60.7 Å². The van der Waals surface area contributed by atoms with Gasteiger partial charge in [0, 0.05) is 0 Å². The maximum atomic E-state index is 6.40. The molecule has 2 aromatic carbocycles. The molecule has 3 spiro atoms. The smallest absolute Gasteiger partial charge is 0.234 e. The number of hydrogen-bond donors (Lipinski definition) is 0. The molecule has 3 aliphatic heterocycles. The Hall–Kier alpha value is -1.72. The minimum Gasteiger partial charge on any atom is -0.355 e. The van der Waals surface area contributed by atoms with Gasteiger partial charge in [-0.1, -0.05) is 60.7 Å². The van der Waals surface area contributed by atoms with Gasteiger partial charge < -0.3 is 18.9 Å². The van der Waals surface area contributed by atoms with Crippen molar-refractivity contribution in [3.05, 3.63) is 71.8 Å². The number of fused-ring (bicyclic) bond motifs is 2. The lowest BCUT2D eigenvalue weighted by molar-refractivity contribution is -0.258. The monoisotopic (exact) mass is 350 g/mol. The summed E-state index contributed by atoms with van der Waals surface area (Å²) in [4.78, 5) is 0. The van der Waals surface area contributed by atoms with E-state index in [9.17, 15) is 0 Å². The number of hydrogen-bond acceptors (Lipinski definition) is 4. The average molecular weight is 350 g/mol. The summed E-state index contributed by atoms with van der Waals surface area (Å²) in [5, 5.41) is 0. The van der Waals surface area contributed by atoms with E-state index in [1.54, 1.807) is 0 Å². The zero-order valence-electron chi connectivity index (χ0n) is 14.6. The molecule has 0 amide bonds. The van der Waals surface area contributed by atoms with Crippen molar-refractivity contribution in [1.29, 1.82) is 0 Å². The fourth-order valence-electron chi connectivity index (χ4n) is 5.37. The van der Waals surface area contributed by atoms with E-state index in [0.29, 0.717) is 13.2 Å². The summed E-state index contributed by atoms with van der Waals surface area (Å²) in [7, 11) is 0. The van der Waals surface area contributed by atoms with E-state index in [0.717, 1.165) is 19.3 Å². The number of epoxide rings is 2. The normalized spacial score (nSPS) is 39.5. The third-order valence-electron chi connectivity index (χ3n) is 6.50. The third-order valence-corrected chi connectivity index (χ3v) is 6.50. The van der Waals surface area contributed by atoms with Gasteiger partial charge in [-0.05, 0) is 30.4 Å². The lowest BCUT2D eigenvalue weighted by atomic mass is 9.70. The highest BCUT2D eigenvalue weighted by molar-refractivity contribution is 5.39. The molecule has 0 unspecified atom stereocenters. The van der Waals surface area contributed by atoms with Crippen LogP contribution in [0.4, 0.5) is 0 Å². The van der Waals surface area contributed by atoms with Gasteiger partial charge in [-0.3, -0.25) is 0 Å². The maximum absolute atomic E-state index is 6.40. The topological polar surface area (TPSA) is 43.5 Å². The van der Waals surface area contributed by atoms with Gasteiger partial charge in [0.15, 0.2) is 11.2 Å². The Morgan fingerprint density at radius 1 is 0.654 bits per heavy atom. The summed E-state index contributed by atoms with van der Waals surface area (Å²) in [6, 6.07) is 20.8. The first-order valence-corrected chi connectivity index (χ1v) is 9.55. The Kier molecular flexibility index (Phi) is 3.05. The van der Waals surface area contributed by atoms with E-state index in [4.69, 9.17) is 18.9 Å². The molecule has 4 atom stereocenters. The summed E-state index contributed by atoms with van der Waals surface area (Å²) in [5.41, 5.74) is 1.51. The highest BCUT2D eigenvalue weighted by Crippen LogP contribution is 2.74. The molecule has 1 saturated carbocycles. The minimum absolute atomic E-state index is 0.0135. The molecule has 2 aromatic rings. The highest BCUT2D eigenvalue weighted by Gasteiger charge is 2.87. The van der Waals surface area contributed by atoms with Crippen molar-refractivity contribution in [3.8, 4) is 0 Å². The Balaban J connectivity index is 1.41. The predicted molar refractivity (Wildman–Crippen MR) is 94.5 cm³/mol. The minimum atomic E-state index is -0.806. The van der Waals surface area contributed by atoms with Gasteiger partial charge in [0.05, 0.1) is 13.2 Å². The molecule has 1 aliphatic carbocycles. The van der Waals surface area contributed by atoms with Crippen molar-refractivity contribution in [1.82, 2.24) is 0 Å². The van der Waals surface area contributed by atoms with Crippen molar-refractivity contribution in [3.63, 3.8) is 0 Å². The summed E-state index contributed by atoms with van der Waals surface area (Å²) in [5.74, 6) is -0.806. The van der Waals surface area contributed by atoms with Gasteiger partial charge >= 0.3 is 0 Å².